The summed E-state index contributed by atoms with van der Waals surface area (Å²) in [4.78, 5) is 62.4. The van der Waals surface area contributed by atoms with Crippen molar-refractivity contribution >= 4 is 34.6 Å². The number of benzene rings is 2. The van der Waals surface area contributed by atoms with E-state index in [0.717, 1.165) is 22.0 Å². The Morgan fingerprint density at radius 3 is 2.25 bits per heavy atom. The van der Waals surface area contributed by atoms with Crippen LogP contribution < -0.4 is 21.7 Å². The highest BCUT2D eigenvalue weighted by molar-refractivity contribution is 5.95. The van der Waals surface area contributed by atoms with Gasteiger partial charge in [0.2, 0.25) is 17.7 Å². The van der Waals surface area contributed by atoms with E-state index in [1.165, 1.54) is 12.5 Å². The van der Waals surface area contributed by atoms with E-state index in [-0.39, 0.29) is 25.2 Å². The van der Waals surface area contributed by atoms with Gasteiger partial charge in [-0.2, -0.15) is 0 Å². The molecule has 44 heavy (non-hydrogen) atoms. The van der Waals surface area contributed by atoms with Crippen LogP contribution in [0.4, 0.5) is 0 Å². The van der Waals surface area contributed by atoms with Gasteiger partial charge in [-0.15, -0.1) is 0 Å². The van der Waals surface area contributed by atoms with Crippen LogP contribution in [0, 0.1) is 5.92 Å². The van der Waals surface area contributed by atoms with Crippen LogP contribution in [-0.4, -0.2) is 67.9 Å². The van der Waals surface area contributed by atoms with Gasteiger partial charge < -0.3 is 36.8 Å². The monoisotopic (exact) mass is 601 g/mol. The van der Waals surface area contributed by atoms with E-state index in [9.17, 15) is 24.3 Å². The second-order valence-electron chi connectivity index (χ2n) is 11.0. The Balaban J connectivity index is 1.54. The lowest BCUT2D eigenvalue weighted by molar-refractivity contribution is -0.142. The first-order valence-electron chi connectivity index (χ1n) is 14.6. The zero-order valence-corrected chi connectivity index (χ0v) is 24.7. The average molecular weight is 602 g/mol. The zero-order valence-electron chi connectivity index (χ0n) is 24.7. The minimum atomic E-state index is -1.25. The van der Waals surface area contributed by atoms with Crippen LogP contribution in [0.5, 0.6) is 0 Å². The van der Waals surface area contributed by atoms with Gasteiger partial charge in [0, 0.05) is 41.8 Å². The molecule has 0 saturated carbocycles. The molecule has 12 nitrogen and oxygen atoms in total. The van der Waals surface area contributed by atoms with Gasteiger partial charge in [0.1, 0.15) is 18.1 Å². The number of nitrogens with zero attached hydrogens (tertiary/aromatic N) is 1. The number of aliphatic carboxylic acids is 1. The van der Waals surface area contributed by atoms with Gasteiger partial charge in [-0.05, 0) is 29.5 Å². The third kappa shape index (κ3) is 8.32. The largest absolute Gasteiger partial charge is 0.480 e. The molecule has 5 unspecified atom stereocenters. The molecule has 0 radical (unpaired) electrons. The summed E-state index contributed by atoms with van der Waals surface area (Å²) in [5.74, 6) is -3.30. The summed E-state index contributed by atoms with van der Waals surface area (Å²) >= 11 is 0. The van der Waals surface area contributed by atoms with Crippen LogP contribution in [0.25, 0.3) is 10.9 Å². The summed E-state index contributed by atoms with van der Waals surface area (Å²) in [7, 11) is 0. The van der Waals surface area contributed by atoms with Crippen molar-refractivity contribution < 1.29 is 24.3 Å². The van der Waals surface area contributed by atoms with Gasteiger partial charge >= 0.3 is 5.97 Å². The molecule has 3 amide bonds. The van der Waals surface area contributed by atoms with Gasteiger partial charge in [0.05, 0.1) is 12.4 Å². The van der Waals surface area contributed by atoms with Crippen molar-refractivity contribution in [3.05, 3.63) is 90.1 Å². The predicted molar refractivity (Wildman–Crippen MR) is 165 cm³/mol. The van der Waals surface area contributed by atoms with E-state index in [1.807, 2.05) is 61.5 Å². The molecule has 0 aliphatic heterocycles. The number of rotatable bonds is 15. The van der Waals surface area contributed by atoms with Crippen LogP contribution in [0.15, 0.2) is 73.3 Å². The third-order valence-electron chi connectivity index (χ3n) is 7.75. The summed E-state index contributed by atoms with van der Waals surface area (Å²) in [6, 6.07) is 12.6. The van der Waals surface area contributed by atoms with Crippen molar-refractivity contribution in [3.8, 4) is 0 Å². The van der Waals surface area contributed by atoms with E-state index in [1.54, 1.807) is 13.1 Å². The minimum absolute atomic E-state index is 0.0131. The van der Waals surface area contributed by atoms with Gasteiger partial charge in [-0.3, -0.25) is 14.4 Å². The smallest absolute Gasteiger partial charge is 0.326 e. The van der Waals surface area contributed by atoms with Gasteiger partial charge in [-0.1, -0.05) is 68.8 Å². The highest BCUT2D eigenvalue weighted by Crippen LogP contribution is 2.20. The molecule has 4 rings (SSSR count). The maximum absolute atomic E-state index is 13.8. The number of carbonyl (C=O) groups is 4. The number of carboxylic acids is 1. The first-order chi connectivity index (χ1) is 21.2. The van der Waals surface area contributed by atoms with Gasteiger partial charge in [0.15, 0.2) is 0 Å². The van der Waals surface area contributed by atoms with Crippen LogP contribution >= 0.6 is 0 Å². The van der Waals surface area contributed by atoms with E-state index in [4.69, 9.17) is 5.73 Å². The predicted octanol–water partition coefficient (Wildman–Crippen LogP) is 1.83. The Labute approximate surface area is 255 Å². The second-order valence-corrected chi connectivity index (χ2v) is 11.0. The number of H-pyrrole nitrogens is 2. The number of hydrogen-bond donors (Lipinski definition) is 7. The SMILES string of the molecule is CCC(C)C(NC(=O)C(Cc1c[nH]c2ccccc12)NC(=O)C(N)Cc1ccccc1)C(=O)NC(Cc1cnc[nH]1)C(=O)O. The number of para-hydroxylation sites is 1. The number of carbonyl (C=O) groups excluding carboxylic acids is 3. The van der Waals surface area contributed by atoms with Crippen LogP contribution in [0.2, 0.25) is 0 Å². The number of amides is 3. The normalized spacial score (nSPS) is 14.6. The van der Waals surface area contributed by atoms with Crippen molar-refractivity contribution in [2.75, 3.05) is 0 Å². The molecule has 0 bridgehead atoms. The molecule has 0 saturated heterocycles. The van der Waals surface area contributed by atoms with E-state index in [2.05, 4.69) is 30.9 Å². The van der Waals surface area contributed by atoms with Gasteiger partial charge in [-0.25, -0.2) is 9.78 Å². The van der Waals surface area contributed by atoms with Gasteiger partial charge in [0.25, 0.3) is 0 Å². The lowest BCUT2D eigenvalue weighted by Gasteiger charge is -2.28. The topological polar surface area (TPSA) is 195 Å². The fourth-order valence-electron chi connectivity index (χ4n) is 5.00. The molecule has 0 spiro atoms. The molecule has 8 N–H and O–H groups in total. The Hall–Kier alpha value is -4.97. The number of aromatic amines is 2. The summed E-state index contributed by atoms with van der Waals surface area (Å²) < 4.78 is 0. The third-order valence-corrected chi connectivity index (χ3v) is 7.75. The molecule has 4 aromatic rings. The van der Waals surface area contributed by atoms with Crippen LogP contribution in [0.1, 0.15) is 37.1 Å². The van der Waals surface area contributed by atoms with Crippen molar-refractivity contribution in [3.63, 3.8) is 0 Å². The zero-order chi connectivity index (χ0) is 31.6. The van der Waals surface area contributed by atoms with E-state index < -0.39 is 47.9 Å². The highest BCUT2D eigenvalue weighted by Gasteiger charge is 2.33. The van der Waals surface area contributed by atoms with Crippen molar-refractivity contribution in [2.24, 2.45) is 11.7 Å². The summed E-state index contributed by atoms with van der Waals surface area (Å²) in [6.07, 6.45) is 5.61. The molecule has 0 aliphatic carbocycles. The first kappa shape index (κ1) is 32.0. The number of carboxylic acid groups (broad SMARTS) is 1. The average Bonchev–Trinajstić information content (AvgIpc) is 3.69. The van der Waals surface area contributed by atoms with Crippen LogP contribution in [-0.2, 0) is 38.4 Å². The number of hydrogen-bond acceptors (Lipinski definition) is 6. The van der Waals surface area contributed by atoms with Crippen molar-refractivity contribution in [1.82, 2.24) is 30.9 Å². The van der Waals surface area contributed by atoms with Crippen molar-refractivity contribution in [2.45, 2.75) is 63.7 Å². The first-order valence-corrected chi connectivity index (χ1v) is 14.6. The lowest BCUT2D eigenvalue weighted by atomic mass is 9.96. The Morgan fingerprint density at radius 1 is 0.864 bits per heavy atom. The summed E-state index contributed by atoms with van der Waals surface area (Å²) in [5.41, 5.74) is 9.34. The Bertz CT molecular complexity index is 1550. The Kier molecular flexibility index (Phi) is 10.9. The van der Waals surface area contributed by atoms with E-state index >= 15 is 0 Å². The fraction of sp³-hybridized carbons (Fsp3) is 0.344. The number of fused-ring (bicyclic) bond motifs is 1. The summed E-state index contributed by atoms with van der Waals surface area (Å²) in [6.45, 7) is 3.66. The molecule has 0 aliphatic rings. The maximum Gasteiger partial charge on any atom is 0.326 e. The highest BCUT2D eigenvalue weighted by atomic mass is 16.4. The molecule has 12 heteroatoms. The quantitative estimate of drug-likeness (QED) is 0.108. The second kappa shape index (κ2) is 15.0. The molecule has 232 valence electrons. The van der Waals surface area contributed by atoms with Crippen molar-refractivity contribution in [1.29, 1.82) is 0 Å². The fourth-order valence-corrected chi connectivity index (χ4v) is 5.00. The molecule has 2 heterocycles. The number of imidazole rings is 1. The molecule has 2 aromatic heterocycles. The molecular formula is C32H39N7O5. The summed E-state index contributed by atoms with van der Waals surface area (Å²) in [5, 5.41) is 18.8. The van der Waals surface area contributed by atoms with Crippen LogP contribution in [0.3, 0.4) is 0 Å². The molecule has 5 atom stereocenters. The Morgan fingerprint density at radius 2 is 1.57 bits per heavy atom. The standard InChI is InChI=1S/C32H39N7O5/c1-3-19(2)28(31(42)38-27(32(43)44)15-22-17-34-18-36-22)39-30(41)26(14-21-16-35-25-12-8-7-11-23(21)25)37-29(40)24(33)13-20-9-5-4-6-10-20/h4-12,16-19,24,26-28,35H,3,13-15,33H2,1-2H3,(H,34,36)(H,37,40)(H,38,42)(H,39,41)(H,43,44). The minimum Gasteiger partial charge on any atom is -0.480 e. The van der Waals surface area contributed by atoms with E-state index in [0.29, 0.717) is 12.1 Å². The number of nitrogens with one attached hydrogen (secondary N) is 5. The molecular weight excluding hydrogens is 562 g/mol. The lowest BCUT2D eigenvalue weighted by Crippen LogP contribution is -2.59. The molecule has 2 aromatic carbocycles. The number of nitrogens with two attached hydrogens (primary N) is 1. The number of aromatic nitrogens is 3. The maximum atomic E-state index is 13.8. The molecule has 0 fully saturated rings.